The van der Waals surface area contributed by atoms with Gasteiger partial charge in [-0.25, -0.2) is 0 Å². The summed E-state index contributed by atoms with van der Waals surface area (Å²) in [4.78, 5) is 12.5. The molecule has 2 aromatic heterocycles. The molecule has 0 fully saturated rings. The number of ether oxygens (including phenoxy) is 1. The van der Waals surface area contributed by atoms with E-state index in [2.05, 4.69) is 31.3 Å². The van der Waals surface area contributed by atoms with E-state index in [1.807, 2.05) is 54.1 Å². The maximum Gasteiger partial charge on any atom is 0.251 e. The van der Waals surface area contributed by atoms with E-state index in [4.69, 9.17) is 33.0 Å². The van der Waals surface area contributed by atoms with Crippen LogP contribution in [-0.4, -0.2) is 49.5 Å². The van der Waals surface area contributed by atoms with Crippen LogP contribution >= 0.6 is 23.2 Å². The Morgan fingerprint density at radius 1 is 1.11 bits per heavy atom. The van der Waals surface area contributed by atoms with E-state index in [1.54, 1.807) is 25.3 Å². The lowest BCUT2D eigenvalue weighted by Gasteiger charge is -2.23. The summed E-state index contributed by atoms with van der Waals surface area (Å²) in [5.41, 5.74) is 4.83. The lowest BCUT2D eigenvalue weighted by Crippen LogP contribution is -2.30. The van der Waals surface area contributed by atoms with Crippen LogP contribution in [0.25, 0.3) is 17.0 Å². The molecular formula is C26H24Cl2N8O2. The Labute approximate surface area is 228 Å². The number of aromatic amines is 1. The summed E-state index contributed by atoms with van der Waals surface area (Å²) in [6.07, 6.45) is 3.92. The summed E-state index contributed by atoms with van der Waals surface area (Å²) in [6, 6.07) is 14.7. The summed E-state index contributed by atoms with van der Waals surface area (Å²) in [5, 5.41) is 25.7. The number of nitrogens with zero attached hydrogens (tertiary/aromatic N) is 5. The summed E-state index contributed by atoms with van der Waals surface area (Å²) in [7, 11) is 1.66. The van der Waals surface area contributed by atoms with Crippen molar-refractivity contribution in [2.75, 3.05) is 7.11 Å². The van der Waals surface area contributed by atoms with Gasteiger partial charge in [-0.15, -0.1) is 10.2 Å². The highest BCUT2D eigenvalue weighted by molar-refractivity contribution is 6.35. The smallest absolute Gasteiger partial charge is 0.251 e. The molecule has 3 N–H and O–H groups in total. The Kier molecular flexibility index (Phi) is 7.43. The van der Waals surface area contributed by atoms with Gasteiger partial charge in [0.05, 0.1) is 43.3 Å². The van der Waals surface area contributed by atoms with Crippen LogP contribution in [0.4, 0.5) is 0 Å². The summed E-state index contributed by atoms with van der Waals surface area (Å²) >= 11 is 12.5. The highest BCUT2D eigenvalue weighted by Gasteiger charge is 2.20. The number of benzene rings is 2. The van der Waals surface area contributed by atoms with Gasteiger partial charge in [0, 0.05) is 21.2 Å². The first-order chi connectivity index (χ1) is 18.4. The molecule has 1 unspecified atom stereocenters. The van der Waals surface area contributed by atoms with Crippen LogP contribution in [-0.2, 0) is 17.8 Å². The third kappa shape index (κ3) is 5.71. The van der Waals surface area contributed by atoms with E-state index in [-0.39, 0.29) is 18.5 Å². The molecule has 3 heterocycles. The number of allylic oxidation sites excluding steroid dienone is 2. The van der Waals surface area contributed by atoms with Crippen LogP contribution in [0, 0.1) is 0 Å². The van der Waals surface area contributed by atoms with Crippen molar-refractivity contribution >= 4 is 34.8 Å². The Morgan fingerprint density at radius 2 is 1.87 bits per heavy atom. The third-order valence-corrected chi connectivity index (χ3v) is 6.44. The SMILES string of the molecule is COC1=CC=C(c2cc(-c3cc(Cl)cc(Cl)c3)nn2Cc2ccc(C(=O)NCc3nn[nH]n3)cc2)NC1C. The second kappa shape index (κ2) is 11.1. The van der Waals surface area contributed by atoms with Gasteiger partial charge in [0.1, 0.15) is 5.76 Å². The standard InChI is InChI=1S/C26H24Cl2N8O2/c1-15-24(38-2)8-7-21(30-15)23-12-22(18-9-19(27)11-20(28)10-18)33-36(23)14-16-3-5-17(6-4-16)26(37)29-13-25-31-34-35-32-25/h3-12,15,30H,13-14H2,1-2H3,(H,29,37)(H,31,32,34,35). The molecule has 38 heavy (non-hydrogen) atoms. The fraction of sp³-hybridized carbons (Fsp3) is 0.192. The van der Waals surface area contributed by atoms with Gasteiger partial charge >= 0.3 is 0 Å². The average molecular weight is 551 g/mol. The van der Waals surface area contributed by atoms with Crippen LogP contribution in [0.1, 0.15) is 34.4 Å². The highest BCUT2D eigenvalue weighted by Crippen LogP contribution is 2.30. The molecule has 1 amide bonds. The van der Waals surface area contributed by atoms with Gasteiger partial charge < -0.3 is 15.4 Å². The van der Waals surface area contributed by atoms with Crippen LogP contribution in [0.15, 0.2) is 66.4 Å². The zero-order valence-electron chi connectivity index (χ0n) is 20.6. The first-order valence-corrected chi connectivity index (χ1v) is 12.5. The molecule has 0 bridgehead atoms. The molecule has 10 nitrogen and oxygen atoms in total. The van der Waals surface area contributed by atoms with E-state index in [0.29, 0.717) is 28.0 Å². The van der Waals surface area contributed by atoms with Crippen LogP contribution in [0.3, 0.4) is 0 Å². The number of amides is 1. The molecule has 2 aromatic carbocycles. The average Bonchev–Trinajstić information content (AvgIpc) is 3.57. The van der Waals surface area contributed by atoms with Crippen LogP contribution in [0.5, 0.6) is 0 Å². The Hall–Kier alpha value is -4.15. The third-order valence-electron chi connectivity index (χ3n) is 6.01. The quantitative estimate of drug-likeness (QED) is 0.300. The number of halogens is 2. The van der Waals surface area contributed by atoms with Gasteiger partial charge in [0.2, 0.25) is 0 Å². The predicted octanol–water partition coefficient (Wildman–Crippen LogP) is 4.21. The molecule has 4 aromatic rings. The van der Waals surface area contributed by atoms with Crippen molar-refractivity contribution in [2.24, 2.45) is 0 Å². The molecule has 12 heteroatoms. The molecule has 1 aliphatic heterocycles. The van der Waals surface area contributed by atoms with Crippen molar-refractivity contribution in [3.05, 3.63) is 99.1 Å². The molecule has 194 valence electrons. The van der Waals surface area contributed by atoms with E-state index < -0.39 is 0 Å². The zero-order valence-corrected chi connectivity index (χ0v) is 22.1. The number of aromatic nitrogens is 6. The fourth-order valence-corrected chi connectivity index (χ4v) is 4.64. The molecule has 1 atom stereocenters. The minimum absolute atomic E-state index is 0.00217. The fourth-order valence-electron chi connectivity index (χ4n) is 4.12. The second-order valence-electron chi connectivity index (χ2n) is 8.66. The number of methoxy groups -OCH3 is 1. The van der Waals surface area contributed by atoms with Crippen LogP contribution in [0.2, 0.25) is 10.0 Å². The van der Waals surface area contributed by atoms with E-state index in [0.717, 1.165) is 34.0 Å². The maximum absolute atomic E-state index is 12.5. The Bertz CT molecular complexity index is 1490. The van der Waals surface area contributed by atoms with Crippen molar-refractivity contribution in [1.82, 2.24) is 41.0 Å². The predicted molar refractivity (Wildman–Crippen MR) is 144 cm³/mol. The van der Waals surface area contributed by atoms with Crippen molar-refractivity contribution < 1.29 is 9.53 Å². The van der Waals surface area contributed by atoms with Crippen LogP contribution < -0.4 is 10.6 Å². The number of hydrogen-bond donors (Lipinski definition) is 3. The molecule has 0 spiro atoms. The maximum atomic E-state index is 12.5. The van der Waals surface area contributed by atoms with Gasteiger partial charge in [-0.1, -0.05) is 40.5 Å². The van der Waals surface area contributed by atoms with Crippen molar-refractivity contribution in [3.8, 4) is 11.3 Å². The lowest BCUT2D eigenvalue weighted by molar-refractivity contribution is 0.0950. The Balaban J connectivity index is 1.41. The van der Waals surface area contributed by atoms with Crippen molar-refractivity contribution in [3.63, 3.8) is 0 Å². The molecule has 0 radical (unpaired) electrons. The largest absolute Gasteiger partial charge is 0.499 e. The van der Waals surface area contributed by atoms with E-state index in [9.17, 15) is 4.79 Å². The number of dihydropyridines is 1. The Morgan fingerprint density at radius 3 is 2.53 bits per heavy atom. The minimum Gasteiger partial charge on any atom is -0.499 e. The minimum atomic E-state index is -0.229. The summed E-state index contributed by atoms with van der Waals surface area (Å²) in [6.45, 7) is 2.69. The molecule has 0 saturated carbocycles. The lowest BCUT2D eigenvalue weighted by atomic mass is 10.1. The molecule has 1 aliphatic rings. The zero-order chi connectivity index (χ0) is 26.6. The first kappa shape index (κ1) is 25.5. The van der Waals surface area contributed by atoms with Gasteiger partial charge in [0.15, 0.2) is 5.82 Å². The molecular weight excluding hydrogens is 527 g/mol. The van der Waals surface area contributed by atoms with Crippen molar-refractivity contribution in [2.45, 2.75) is 26.1 Å². The summed E-state index contributed by atoms with van der Waals surface area (Å²) in [5.74, 6) is 1.02. The van der Waals surface area contributed by atoms with Gasteiger partial charge in [-0.3, -0.25) is 9.48 Å². The normalized spacial score (nSPS) is 14.9. The van der Waals surface area contributed by atoms with Gasteiger partial charge in [-0.05, 0) is 61.0 Å². The second-order valence-corrected chi connectivity index (χ2v) is 9.53. The molecule has 0 saturated heterocycles. The molecule has 5 rings (SSSR count). The van der Waals surface area contributed by atoms with Crippen molar-refractivity contribution in [1.29, 1.82) is 0 Å². The number of carbonyl (C=O) groups excluding carboxylic acids is 1. The number of carbonyl (C=O) groups is 1. The topological polar surface area (TPSA) is 123 Å². The first-order valence-electron chi connectivity index (χ1n) is 11.8. The number of nitrogens with one attached hydrogen (secondary N) is 3. The number of rotatable bonds is 8. The number of hydrogen-bond acceptors (Lipinski definition) is 7. The molecule has 0 aliphatic carbocycles. The summed E-state index contributed by atoms with van der Waals surface area (Å²) < 4.78 is 7.35. The monoisotopic (exact) mass is 550 g/mol. The number of tetrazole rings is 1. The van der Waals surface area contributed by atoms with E-state index >= 15 is 0 Å². The van der Waals surface area contributed by atoms with E-state index in [1.165, 1.54) is 0 Å². The number of H-pyrrole nitrogens is 1. The highest BCUT2D eigenvalue weighted by atomic mass is 35.5. The van der Waals surface area contributed by atoms with Gasteiger partial charge in [0.25, 0.3) is 5.91 Å². The van der Waals surface area contributed by atoms with Gasteiger partial charge in [-0.2, -0.15) is 10.3 Å².